The number of methoxy groups -OCH3 is 1. The maximum atomic E-state index is 11.0. The van der Waals surface area contributed by atoms with Crippen LogP contribution in [0, 0.1) is 0 Å². The van der Waals surface area contributed by atoms with E-state index in [0.29, 0.717) is 11.9 Å². The number of carbonyl (C=O) groups excluding carboxylic acids is 1. The molecule has 1 fully saturated rings. The van der Waals surface area contributed by atoms with Gasteiger partial charge in [-0.25, -0.2) is 9.97 Å². The predicted octanol–water partition coefficient (Wildman–Crippen LogP) is 1.03. The predicted molar refractivity (Wildman–Crippen MR) is 63.8 cm³/mol. The number of hydrogen-bond acceptors (Lipinski definition) is 6. The number of rotatable bonds is 5. The maximum Gasteiger partial charge on any atom is 0.325 e. The zero-order chi connectivity index (χ0) is 12.1. The summed E-state index contributed by atoms with van der Waals surface area (Å²) in [7, 11) is 1.35. The van der Waals surface area contributed by atoms with Crippen molar-refractivity contribution in [1.82, 2.24) is 9.97 Å². The molecule has 1 aliphatic carbocycles. The summed E-state index contributed by atoms with van der Waals surface area (Å²) in [5, 5.41) is 6.19. The van der Waals surface area contributed by atoms with Crippen molar-refractivity contribution in [3.05, 3.63) is 12.4 Å². The first-order valence-corrected chi connectivity index (χ1v) is 5.67. The van der Waals surface area contributed by atoms with Gasteiger partial charge in [-0.3, -0.25) is 4.79 Å². The van der Waals surface area contributed by atoms with Crippen molar-refractivity contribution in [2.45, 2.75) is 25.3 Å². The average Bonchev–Trinajstić information content (AvgIpc) is 2.31. The van der Waals surface area contributed by atoms with Gasteiger partial charge in [0.1, 0.15) is 24.5 Å². The molecular formula is C11H16N4O2. The Balaban J connectivity index is 1.88. The first-order chi connectivity index (χ1) is 8.28. The molecule has 0 spiro atoms. The number of carbonyl (C=O) groups is 1. The number of ether oxygens (including phenoxy) is 1. The molecule has 6 heteroatoms. The van der Waals surface area contributed by atoms with E-state index < -0.39 is 0 Å². The summed E-state index contributed by atoms with van der Waals surface area (Å²) in [5.41, 5.74) is 0. The van der Waals surface area contributed by atoms with Gasteiger partial charge in [-0.1, -0.05) is 0 Å². The highest BCUT2D eigenvalue weighted by Gasteiger charge is 2.17. The lowest BCUT2D eigenvalue weighted by Crippen LogP contribution is -2.27. The van der Waals surface area contributed by atoms with Crippen LogP contribution in [0.1, 0.15) is 19.3 Å². The van der Waals surface area contributed by atoms with E-state index in [4.69, 9.17) is 0 Å². The summed E-state index contributed by atoms with van der Waals surface area (Å²) >= 11 is 0. The van der Waals surface area contributed by atoms with E-state index in [9.17, 15) is 4.79 Å². The monoisotopic (exact) mass is 236 g/mol. The standard InChI is InChI=1S/C11H16N4O2/c1-17-11(16)6-12-9-5-10(14-7-13-9)15-8-3-2-4-8/h5,7-8H,2-4,6H2,1H3,(H2,12,13,14,15). The topological polar surface area (TPSA) is 76.1 Å². The Kier molecular flexibility index (Phi) is 3.74. The van der Waals surface area contributed by atoms with Gasteiger partial charge in [0.2, 0.25) is 0 Å². The van der Waals surface area contributed by atoms with Crippen LogP contribution in [0.5, 0.6) is 0 Å². The number of esters is 1. The summed E-state index contributed by atoms with van der Waals surface area (Å²) in [6, 6.07) is 2.32. The van der Waals surface area contributed by atoms with Crippen LogP contribution in [0.4, 0.5) is 11.6 Å². The van der Waals surface area contributed by atoms with Crippen molar-refractivity contribution in [3.8, 4) is 0 Å². The van der Waals surface area contributed by atoms with E-state index >= 15 is 0 Å². The van der Waals surface area contributed by atoms with Crippen LogP contribution < -0.4 is 10.6 Å². The average molecular weight is 236 g/mol. The molecule has 92 valence electrons. The van der Waals surface area contributed by atoms with E-state index in [1.54, 1.807) is 6.07 Å². The molecule has 1 aromatic heterocycles. The number of nitrogens with zero attached hydrogens (tertiary/aromatic N) is 2. The quantitative estimate of drug-likeness (QED) is 0.743. The van der Waals surface area contributed by atoms with Gasteiger partial charge < -0.3 is 15.4 Å². The minimum absolute atomic E-state index is 0.108. The molecule has 1 saturated carbocycles. The highest BCUT2D eigenvalue weighted by molar-refractivity contribution is 5.74. The Morgan fingerprint density at radius 3 is 2.88 bits per heavy atom. The van der Waals surface area contributed by atoms with Gasteiger partial charge >= 0.3 is 5.97 Å². The molecule has 0 saturated heterocycles. The minimum atomic E-state index is -0.322. The molecule has 2 N–H and O–H groups in total. The molecule has 1 heterocycles. The van der Waals surface area contributed by atoms with Crippen LogP contribution in [0.25, 0.3) is 0 Å². The normalized spacial score (nSPS) is 14.9. The third-order valence-electron chi connectivity index (χ3n) is 2.77. The van der Waals surface area contributed by atoms with Crippen molar-refractivity contribution < 1.29 is 9.53 Å². The second-order valence-corrected chi connectivity index (χ2v) is 3.99. The molecule has 0 aromatic carbocycles. The highest BCUT2D eigenvalue weighted by atomic mass is 16.5. The van der Waals surface area contributed by atoms with Gasteiger partial charge in [0.05, 0.1) is 7.11 Å². The number of nitrogens with one attached hydrogen (secondary N) is 2. The fourth-order valence-electron chi connectivity index (χ4n) is 1.53. The smallest absolute Gasteiger partial charge is 0.325 e. The lowest BCUT2D eigenvalue weighted by Gasteiger charge is -2.26. The Bertz CT molecular complexity index is 393. The van der Waals surface area contributed by atoms with Gasteiger partial charge in [-0.15, -0.1) is 0 Å². The third-order valence-corrected chi connectivity index (χ3v) is 2.77. The summed E-state index contributed by atoms with van der Waals surface area (Å²) in [6.07, 6.45) is 5.13. The first kappa shape index (κ1) is 11.6. The summed E-state index contributed by atoms with van der Waals surface area (Å²) in [4.78, 5) is 19.1. The second kappa shape index (κ2) is 5.47. The van der Waals surface area contributed by atoms with Crippen LogP contribution in [0.2, 0.25) is 0 Å². The zero-order valence-electron chi connectivity index (χ0n) is 9.77. The Morgan fingerprint density at radius 2 is 2.24 bits per heavy atom. The van der Waals surface area contributed by atoms with Crippen molar-refractivity contribution in [1.29, 1.82) is 0 Å². The maximum absolute atomic E-state index is 11.0. The zero-order valence-corrected chi connectivity index (χ0v) is 9.77. The molecule has 0 bridgehead atoms. The van der Waals surface area contributed by atoms with Crippen molar-refractivity contribution in [3.63, 3.8) is 0 Å². The Hall–Kier alpha value is -1.85. The van der Waals surface area contributed by atoms with Crippen LogP contribution in [0.15, 0.2) is 12.4 Å². The molecule has 1 aromatic rings. The highest BCUT2D eigenvalue weighted by Crippen LogP contribution is 2.22. The number of anilines is 2. The largest absolute Gasteiger partial charge is 0.468 e. The molecular weight excluding hydrogens is 220 g/mol. The fourth-order valence-corrected chi connectivity index (χ4v) is 1.53. The summed E-state index contributed by atoms with van der Waals surface area (Å²) in [5.74, 6) is 1.08. The van der Waals surface area contributed by atoms with E-state index in [0.717, 1.165) is 5.82 Å². The molecule has 0 radical (unpaired) electrons. The van der Waals surface area contributed by atoms with Gasteiger partial charge in [0, 0.05) is 12.1 Å². The molecule has 2 rings (SSSR count). The third kappa shape index (κ3) is 3.30. The van der Waals surface area contributed by atoms with Crippen LogP contribution in [0.3, 0.4) is 0 Å². The van der Waals surface area contributed by atoms with Crippen molar-refractivity contribution in [2.24, 2.45) is 0 Å². The fraction of sp³-hybridized carbons (Fsp3) is 0.545. The Morgan fingerprint density at radius 1 is 1.47 bits per heavy atom. The summed E-state index contributed by atoms with van der Waals surface area (Å²) in [6.45, 7) is 0.108. The van der Waals surface area contributed by atoms with Gasteiger partial charge in [0.25, 0.3) is 0 Å². The molecule has 6 nitrogen and oxygen atoms in total. The van der Waals surface area contributed by atoms with E-state index in [2.05, 4.69) is 25.3 Å². The van der Waals surface area contributed by atoms with Gasteiger partial charge in [0.15, 0.2) is 0 Å². The summed E-state index contributed by atoms with van der Waals surface area (Å²) < 4.78 is 4.53. The lowest BCUT2D eigenvalue weighted by atomic mass is 9.93. The first-order valence-electron chi connectivity index (χ1n) is 5.67. The minimum Gasteiger partial charge on any atom is -0.468 e. The molecule has 0 atom stereocenters. The molecule has 0 amide bonds. The van der Waals surface area contributed by atoms with E-state index in [1.807, 2.05) is 0 Å². The van der Waals surface area contributed by atoms with Gasteiger partial charge in [-0.2, -0.15) is 0 Å². The van der Waals surface area contributed by atoms with E-state index in [-0.39, 0.29) is 12.5 Å². The number of aromatic nitrogens is 2. The SMILES string of the molecule is COC(=O)CNc1cc(NC2CCC2)ncn1. The van der Waals surface area contributed by atoms with Crippen molar-refractivity contribution >= 4 is 17.6 Å². The number of hydrogen-bond donors (Lipinski definition) is 2. The molecule has 17 heavy (non-hydrogen) atoms. The van der Waals surface area contributed by atoms with Crippen LogP contribution >= 0.6 is 0 Å². The van der Waals surface area contributed by atoms with Gasteiger partial charge in [-0.05, 0) is 19.3 Å². The van der Waals surface area contributed by atoms with E-state index in [1.165, 1.54) is 32.7 Å². The van der Waals surface area contributed by atoms with Crippen LogP contribution in [-0.2, 0) is 9.53 Å². The second-order valence-electron chi connectivity index (χ2n) is 3.99. The van der Waals surface area contributed by atoms with Crippen LogP contribution in [-0.4, -0.2) is 35.6 Å². The molecule has 0 unspecified atom stereocenters. The van der Waals surface area contributed by atoms with Crippen molar-refractivity contribution in [2.75, 3.05) is 24.3 Å². The Labute approximate surface area is 99.8 Å². The molecule has 0 aliphatic heterocycles. The lowest BCUT2D eigenvalue weighted by molar-refractivity contribution is -0.138. The molecule has 1 aliphatic rings.